The Labute approximate surface area is 216 Å². The first kappa shape index (κ1) is 27.8. The van der Waals surface area contributed by atoms with Gasteiger partial charge in [0.2, 0.25) is 0 Å². The minimum atomic E-state index is -1.06. The molecule has 1 fully saturated rings. The molecule has 2 aromatic carbocycles. The monoisotopic (exact) mass is 526 g/mol. The van der Waals surface area contributed by atoms with Crippen LogP contribution in [0.15, 0.2) is 58.8 Å². The summed E-state index contributed by atoms with van der Waals surface area (Å²) in [5.74, 6) is -3.02. The summed E-state index contributed by atoms with van der Waals surface area (Å²) in [6.45, 7) is 2.77. The Bertz CT molecular complexity index is 1140. The highest BCUT2D eigenvalue weighted by Crippen LogP contribution is 2.22. The summed E-state index contributed by atoms with van der Waals surface area (Å²) < 4.78 is 0. The van der Waals surface area contributed by atoms with Crippen molar-refractivity contribution < 1.29 is 40.0 Å². The quantitative estimate of drug-likeness (QED) is 0.0845. The number of hydrogen-bond acceptors (Lipinski definition) is 12. The van der Waals surface area contributed by atoms with E-state index >= 15 is 0 Å². The maximum atomic E-state index is 12.4. The number of ketones is 2. The first-order chi connectivity index (χ1) is 18.3. The van der Waals surface area contributed by atoms with Gasteiger partial charge in [-0.2, -0.15) is 0 Å². The standard InChI is InChI=1S/C24H26N6O8/c31-21(13-19(25-35)23(33)27-37)15-1-5-17(6-2-15)29-9-11-30(12-10-29)18-7-3-16(4-8-18)22(32)14-20(26-36)24(34)28-38/h1-8,35-38H,9-14H2,(H,27,33)(H,28,34)/b25-19-,26-20-. The maximum absolute atomic E-state index is 12.4. The van der Waals surface area contributed by atoms with E-state index in [4.69, 9.17) is 20.8 Å². The number of carbonyl (C=O) groups excluding carboxylic acids is 4. The number of Topliss-reactive ketones (excluding diaryl/α,β-unsaturated/α-hetero) is 2. The molecule has 2 aromatic rings. The van der Waals surface area contributed by atoms with Gasteiger partial charge < -0.3 is 20.2 Å². The lowest BCUT2D eigenvalue weighted by atomic mass is 10.0. The van der Waals surface area contributed by atoms with Crippen molar-refractivity contribution in [2.75, 3.05) is 36.0 Å². The predicted octanol–water partition coefficient (Wildman–Crippen LogP) is 0.830. The Morgan fingerprint density at radius 1 is 0.632 bits per heavy atom. The second-order valence-corrected chi connectivity index (χ2v) is 8.24. The molecule has 0 aromatic heterocycles. The zero-order valence-corrected chi connectivity index (χ0v) is 20.1. The molecule has 200 valence electrons. The Balaban J connectivity index is 1.55. The fourth-order valence-corrected chi connectivity index (χ4v) is 3.90. The number of benzene rings is 2. The molecule has 14 nitrogen and oxygen atoms in total. The van der Waals surface area contributed by atoms with Crippen LogP contribution in [0.25, 0.3) is 0 Å². The first-order valence-corrected chi connectivity index (χ1v) is 11.4. The number of nitrogens with zero attached hydrogens (tertiary/aromatic N) is 4. The lowest BCUT2D eigenvalue weighted by Gasteiger charge is -2.37. The van der Waals surface area contributed by atoms with Crippen molar-refractivity contribution in [1.29, 1.82) is 0 Å². The topological polar surface area (TPSA) is 204 Å². The average molecular weight is 527 g/mol. The molecule has 0 radical (unpaired) electrons. The molecule has 0 spiro atoms. The van der Waals surface area contributed by atoms with E-state index in [0.717, 1.165) is 11.4 Å². The van der Waals surface area contributed by atoms with Crippen molar-refractivity contribution in [2.45, 2.75) is 12.8 Å². The number of amides is 2. The summed E-state index contributed by atoms with van der Waals surface area (Å²) in [6.07, 6.45) is -0.945. The summed E-state index contributed by atoms with van der Waals surface area (Å²) in [6, 6.07) is 13.6. The van der Waals surface area contributed by atoms with Gasteiger partial charge in [0.05, 0.1) is 12.8 Å². The zero-order valence-electron chi connectivity index (χ0n) is 20.1. The number of carbonyl (C=O) groups is 4. The van der Waals surface area contributed by atoms with Crippen LogP contribution in [0.2, 0.25) is 0 Å². The molecule has 38 heavy (non-hydrogen) atoms. The number of anilines is 2. The molecule has 0 unspecified atom stereocenters. The van der Waals surface area contributed by atoms with E-state index in [1.807, 2.05) is 0 Å². The van der Waals surface area contributed by atoms with Gasteiger partial charge in [0.1, 0.15) is 0 Å². The molecule has 14 heteroatoms. The van der Waals surface area contributed by atoms with E-state index in [1.165, 1.54) is 11.0 Å². The van der Waals surface area contributed by atoms with Crippen LogP contribution in [-0.4, -0.2) is 81.8 Å². The maximum Gasteiger partial charge on any atom is 0.292 e. The van der Waals surface area contributed by atoms with Crippen LogP contribution in [-0.2, 0) is 9.59 Å². The number of piperazine rings is 1. The van der Waals surface area contributed by atoms with Crippen LogP contribution in [0.5, 0.6) is 0 Å². The molecule has 2 amide bonds. The van der Waals surface area contributed by atoms with E-state index in [0.29, 0.717) is 37.3 Å². The van der Waals surface area contributed by atoms with Crippen molar-refractivity contribution in [2.24, 2.45) is 10.3 Å². The van der Waals surface area contributed by atoms with Crippen LogP contribution in [0.1, 0.15) is 33.6 Å². The number of nitrogens with one attached hydrogen (secondary N) is 2. The number of hydrogen-bond donors (Lipinski definition) is 6. The molecule has 1 saturated heterocycles. The number of hydroxylamine groups is 2. The summed E-state index contributed by atoms with van der Waals surface area (Å²) in [4.78, 5) is 51.7. The minimum Gasteiger partial charge on any atom is -0.410 e. The van der Waals surface area contributed by atoms with E-state index in [-0.39, 0.29) is 0 Å². The third-order valence-corrected chi connectivity index (χ3v) is 6.01. The number of rotatable bonds is 10. The van der Waals surface area contributed by atoms with E-state index in [1.54, 1.807) is 48.5 Å². The van der Waals surface area contributed by atoms with Gasteiger partial charge in [-0.05, 0) is 48.5 Å². The second-order valence-electron chi connectivity index (χ2n) is 8.24. The van der Waals surface area contributed by atoms with Gasteiger partial charge in [-0.25, -0.2) is 11.0 Å². The summed E-state index contributed by atoms with van der Waals surface area (Å²) in [7, 11) is 0. The van der Waals surface area contributed by atoms with Crippen molar-refractivity contribution >= 4 is 46.2 Å². The van der Waals surface area contributed by atoms with Crippen LogP contribution in [0.4, 0.5) is 11.4 Å². The number of oxime groups is 2. The average Bonchev–Trinajstić information content (AvgIpc) is 2.97. The highest BCUT2D eigenvalue weighted by Gasteiger charge is 2.21. The highest BCUT2D eigenvalue weighted by molar-refractivity contribution is 6.42. The fraction of sp³-hybridized carbons (Fsp3) is 0.250. The molecule has 0 saturated carbocycles. The lowest BCUT2D eigenvalue weighted by molar-refractivity contribution is -0.123. The predicted molar refractivity (Wildman–Crippen MR) is 134 cm³/mol. The van der Waals surface area contributed by atoms with Crippen molar-refractivity contribution in [3.8, 4) is 0 Å². The molecular formula is C24H26N6O8. The summed E-state index contributed by atoms with van der Waals surface area (Å²) >= 11 is 0. The van der Waals surface area contributed by atoms with Crippen molar-refractivity contribution in [3.63, 3.8) is 0 Å². The summed E-state index contributed by atoms with van der Waals surface area (Å²) in [5.41, 5.74) is 4.08. The van der Waals surface area contributed by atoms with Gasteiger partial charge in [-0.3, -0.25) is 29.6 Å². The van der Waals surface area contributed by atoms with Gasteiger partial charge in [-0.15, -0.1) is 0 Å². The Hall–Kier alpha value is -4.82. The summed E-state index contributed by atoms with van der Waals surface area (Å²) in [5, 5.41) is 40.5. The molecule has 0 aliphatic carbocycles. The first-order valence-electron chi connectivity index (χ1n) is 11.4. The van der Waals surface area contributed by atoms with Gasteiger partial charge in [0.25, 0.3) is 11.8 Å². The van der Waals surface area contributed by atoms with Crippen LogP contribution in [0, 0.1) is 0 Å². The van der Waals surface area contributed by atoms with Gasteiger partial charge in [0, 0.05) is 48.7 Å². The largest absolute Gasteiger partial charge is 0.410 e. The Kier molecular flexibility index (Phi) is 9.45. The SMILES string of the molecule is O=C(NO)/C(CC(=O)c1ccc(N2CCN(c3ccc(C(=O)C/C(=N/O)C(=O)NO)cc3)CC2)cc1)=N\O. The fourth-order valence-electron chi connectivity index (χ4n) is 3.90. The molecule has 1 aliphatic rings. The van der Waals surface area contributed by atoms with Crippen LogP contribution < -0.4 is 20.8 Å². The van der Waals surface area contributed by atoms with E-state index < -0.39 is 47.6 Å². The van der Waals surface area contributed by atoms with Gasteiger partial charge in [0.15, 0.2) is 23.0 Å². The third kappa shape index (κ3) is 6.68. The van der Waals surface area contributed by atoms with Gasteiger partial charge in [-0.1, -0.05) is 10.3 Å². The lowest BCUT2D eigenvalue weighted by Crippen LogP contribution is -2.46. The molecule has 0 bridgehead atoms. The molecular weight excluding hydrogens is 500 g/mol. The Morgan fingerprint density at radius 3 is 1.21 bits per heavy atom. The smallest absolute Gasteiger partial charge is 0.292 e. The molecule has 6 N–H and O–H groups in total. The van der Waals surface area contributed by atoms with E-state index in [9.17, 15) is 19.2 Å². The third-order valence-electron chi connectivity index (χ3n) is 6.01. The van der Waals surface area contributed by atoms with E-state index in [2.05, 4.69) is 20.1 Å². The normalized spacial score (nSPS) is 14.2. The molecule has 3 rings (SSSR count). The molecule has 0 atom stereocenters. The second kappa shape index (κ2) is 12.9. The molecule has 1 aliphatic heterocycles. The van der Waals surface area contributed by atoms with Gasteiger partial charge >= 0.3 is 0 Å². The van der Waals surface area contributed by atoms with Crippen LogP contribution in [0.3, 0.4) is 0 Å². The minimum absolute atomic E-state index is 0.322. The highest BCUT2D eigenvalue weighted by atomic mass is 16.5. The van der Waals surface area contributed by atoms with Crippen molar-refractivity contribution in [3.05, 3.63) is 59.7 Å². The molecule has 1 heterocycles. The Morgan fingerprint density at radius 2 is 0.947 bits per heavy atom. The zero-order chi connectivity index (χ0) is 27.7. The van der Waals surface area contributed by atoms with Crippen molar-refractivity contribution in [1.82, 2.24) is 11.0 Å². The van der Waals surface area contributed by atoms with Crippen LogP contribution >= 0.6 is 0 Å².